The molecule has 0 saturated carbocycles. The molecule has 2 rings (SSSR count). The summed E-state index contributed by atoms with van der Waals surface area (Å²) in [6.45, 7) is 5.13. The second kappa shape index (κ2) is 8.22. The quantitative estimate of drug-likeness (QED) is 0.853. The second-order valence-electron chi connectivity index (χ2n) is 5.34. The number of hydrogen-bond donors (Lipinski definition) is 1. The highest BCUT2D eigenvalue weighted by Gasteiger charge is 2.06. The lowest BCUT2D eigenvalue weighted by atomic mass is 10.1. The molecule has 0 aliphatic carbocycles. The fourth-order valence-corrected chi connectivity index (χ4v) is 2.37. The van der Waals surface area contributed by atoms with Gasteiger partial charge in [0.2, 0.25) is 5.91 Å². The molecule has 0 aliphatic rings. The molecule has 0 radical (unpaired) electrons. The van der Waals surface area contributed by atoms with Crippen LogP contribution in [0.2, 0.25) is 0 Å². The van der Waals surface area contributed by atoms with Gasteiger partial charge >= 0.3 is 0 Å². The number of carbonyl (C=O) groups is 1. The molecule has 0 aromatic heterocycles. The van der Waals surface area contributed by atoms with Crippen molar-refractivity contribution in [1.29, 1.82) is 0 Å². The molecule has 0 unspecified atom stereocenters. The van der Waals surface area contributed by atoms with Crippen LogP contribution in [0.25, 0.3) is 0 Å². The Hall–Kier alpha value is -2.49. The van der Waals surface area contributed by atoms with Crippen molar-refractivity contribution in [3.05, 3.63) is 59.2 Å². The Morgan fingerprint density at radius 2 is 1.96 bits per heavy atom. The fraction of sp³-hybridized carbons (Fsp3) is 0.316. The summed E-state index contributed by atoms with van der Waals surface area (Å²) in [5, 5.41) is 2.94. The lowest BCUT2D eigenvalue weighted by Crippen LogP contribution is -2.24. The lowest BCUT2D eigenvalue weighted by molar-refractivity contribution is -0.120. The molecule has 1 N–H and O–H groups in total. The third-order valence-corrected chi connectivity index (χ3v) is 3.53. The molecule has 4 nitrogen and oxygen atoms in total. The summed E-state index contributed by atoms with van der Waals surface area (Å²) >= 11 is 0. The van der Waals surface area contributed by atoms with E-state index in [4.69, 9.17) is 9.47 Å². The van der Waals surface area contributed by atoms with E-state index in [0.717, 1.165) is 28.2 Å². The number of benzene rings is 2. The van der Waals surface area contributed by atoms with Gasteiger partial charge in [-0.25, -0.2) is 0 Å². The summed E-state index contributed by atoms with van der Waals surface area (Å²) in [6, 6.07) is 13.5. The molecule has 0 saturated heterocycles. The van der Waals surface area contributed by atoms with E-state index in [9.17, 15) is 4.79 Å². The van der Waals surface area contributed by atoms with Crippen LogP contribution < -0.4 is 14.8 Å². The van der Waals surface area contributed by atoms with Gasteiger partial charge in [-0.15, -0.1) is 0 Å². The summed E-state index contributed by atoms with van der Waals surface area (Å²) in [5.41, 5.74) is 3.07. The molecule has 0 aliphatic heterocycles. The van der Waals surface area contributed by atoms with Gasteiger partial charge in [-0.3, -0.25) is 4.79 Å². The zero-order valence-corrected chi connectivity index (χ0v) is 13.9. The van der Waals surface area contributed by atoms with Gasteiger partial charge in [0, 0.05) is 6.54 Å². The maximum Gasteiger partial charge on any atom is 0.224 e. The van der Waals surface area contributed by atoms with E-state index in [2.05, 4.69) is 5.32 Å². The number of rotatable bonds is 7. The average Bonchev–Trinajstić information content (AvgIpc) is 2.55. The third-order valence-electron chi connectivity index (χ3n) is 3.53. The number of amides is 1. The van der Waals surface area contributed by atoms with Gasteiger partial charge in [-0.1, -0.05) is 24.3 Å². The van der Waals surface area contributed by atoms with Crippen molar-refractivity contribution in [1.82, 2.24) is 5.32 Å². The van der Waals surface area contributed by atoms with Gasteiger partial charge in [0.15, 0.2) is 0 Å². The summed E-state index contributed by atoms with van der Waals surface area (Å²) in [6.07, 6.45) is 0.340. The first kappa shape index (κ1) is 16.9. The van der Waals surface area contributed by atoms with E-state index < -0.39 is 0 Å². The van der Waals surface area contributed by atoms with Crippen molar-refractivity contribution in [2.45, 2.75) is 26.8 Å². The number of nitrogens with one attached hydrogen (secondary N) is 1. The summed E-state index contributed by atoms with van der Waals surface area (Å²) in [7, 11) is 1.62. The largest absolute Gasteiger partial charge is 0.497 e. The predicted octanol–water partition coefficient (Wildman–Crippen LogP) is 3.26. The Morgan fingerprint density at radius 3 is 2.65 bits per heavy atom. The maximum atomic E-state index is 12.1. The van der Waals surface area contributed by atoms with Gasteiger partial charge < -0.3 is 14.8 Å². The normalized spacial score (nSPS) is 10.2. The van der Waals surface area contributed by atoms with Crippen molar-refractivity contribution in [3.8, 4) is 11.5 Å². The standard InChI is InChI=1S/C19H23NO3/c1-4-23-18-9-8-16(10-14(18)2)13-20-19(21)12-15-6-5-7-17(11-15)22-3/h5-11H,4,12-13H2,1-3H3,(H,20,21). The van der Waals surface area contributed by atoms with Crippen LogP contribution in [0.5, 0.6) is 11.5 Å². The molecule has 0 fully saturated rings. The number of aryl methyl sites for hydroxylation is 1. The molecule has 2 aromatic rings. The highest BCUT2D eigenvalue weighted by molar-refractivity contribution is 5.78. The molecule has 2 aromatic carbocycles. The molecule has 0 bridgehead atoms. The van der Waals surface area contributed by atoms with Crippen molar-refractivity contribution in [2.24, 2.45) is 0 Å². The van der Waals surface area contributed by atoms with Gasteiger partial charge in [0.05, 0.1) is 20.1 Å². The van der Waals surface area contributed by atoms with Crippen LogP contribution in [0.1, 0.15) is 23.6 Å². The molecule has 1 amide bonds. The summed E-state index contributed by atoms with van der Waals surface area (Å²) < 4.78 is 10.7. The molecule has 23 heavy (non-hydrogen) atoms. The number of methoxy groups -OCH3 is 1. The molecule has 0 atom stereocenters. The second-order valence-corrected chi connectivity index (χ2v) is 5.34. The van der Waals surface area contributed by atoms with Gasteiger partial charge in [0.25, 0.3) is 0 Å². The number of ether oxygens (including phenoxy) is 2. The fourth-order valence-electron chi connectivity index (χ4n) is 2.37. The zero-order valence-electron chi connectivity index (χ0n) is 13.9. The SMILES string of the molecule is CCOc1ccc(CNC(=O)Cc2cccc(OC)c2)cc1C. The molecular formula is C19H23NO3. The topological polar surface area (TPSA) is 47.6 Å². The van der Waals surface area contributed by atoms with Gasteiger partial charge in [-0.05, 0) is 48.7 Å². The van der Waals surface area contributed by atoms with Crippen LogP contribution in [0, 0.1) is 6.92 Å². The lowest BCUT2D eigenvalue weighted by Gasteiger charge is -2.10. The van der Waals surface area contributed by atoms with E-state index in [1.54, 1.807) is 7.11 Å². The number of hydrogen-bond acceptors (Lipinski definition) is 3. The highest BCUT2D eigenvalue weighted by Crippen LogP contribution is 2.19. The van der Waals surface area contributed by atoms with Gasteiger partial charge in [0.1, 0.15) is 11.5 Å². The molecule has 122 valence electrons. The van der Waals surface area contributed by atoms with Crippen LogP contribution >= 0.6 is 0 Å². The van der Waals surface area contributed by atoms with Crippen LogP contribution in [0.4, 0.5) is 0 Å². The summed E-state index contributed by atoms with van der Waals surface area (Å²) in [5.74, 6) is 1.64. The van der Waals surface area contributed by atoms with Crippen molar-refractivity contribution in [3.63, 3.8) is 0 Å². The Morgan fingerprint density at radius 1 is 1.13 bits per heavy atom. The minimum atomic E-state index is -0.00945. The first-order chi connectivity index (χ1) is 11.1. The maximum absolute atomic E-state index is 12.1. The van der Waals surface area contributed by atoms with Crippen molar-refractivity contribution < 1.29 is 14.3 Å². The van der Waals surface area contributed by atoms with Gasteiger partial charge in [-0.2, -0.15) is 0 Å². The highest BCUT2D eigenvalue weighted by atomic mass is 16.5. The van der Waals surface area contributed by atoms with E-state index in [0.29, 0.717) is 19.6 Å². The Labute approximate surface area is 137 Å². The first-order valence-corrected chi connectivity index (χ1v) is 7.74. The first-order valence-electron chi connectivity index (χ1n) is 7.74. The smallest absolute Gasteiger partial charge is 0.224 e. The minimum absolute atomic E-state index is 0.00945. The molecule has 0 heterocycles. The Balaban J connectivity index is 1.90. The van der Waals surface area contributed by atoms with Crippen LogP contribution in [0.3, 0.4) is 0 Å². The van der Waals surface area contributed by atoms with Crippen molar-refractivity contribution in [2.75, 3.05) is 13.7 Å². The van der Waals surface area contributed by atoms with Crippen molar-refractivity contribution >= 4 is 5.91 Å². The zero-order chi connectivity index (χ0) is 16.7. The van der Waals surface area contributed by atoms with E-state index >= 15 is 0 Å². The third kappa shape index (κ3) is 5.02. The monoisotopic (exact) mass is 313 g/mol. The molecule has 4 heteroatoms. The van der Waals surface area contributed by atoms with Crippen LogP contribution in [-0.4, -0.2) is 19.6 Å². The minimum Gasteiger partial charge on any atom is -0.497 e. The number of carbonyl (C=O) groups excluding carboxylic acids is 1. The average molecular weight is 313 g/mol. The molecular weight excluding hydrogens is 290 g/mol. The Bertz CT molecular complexity index is 667. The van der Waals surface area contributed by atoms with E-state index in [-0.39, 0.29) is 5.91 Å². The van der Waals surface area contributed by atoms with Crippen LogP contribution in [0.15, 0.2) is 42.5 Å². The predicted molar refractivity (Wildman–Crippen MR) is 90.9 cm³/mol. The molecule has 0 spiro atoms. The Kier molecular flexibility index (Phi) is 6.03. The van der Waals surface area contributed by atoms with E-state index in [1.807, 2.05) is 56.3 Å². The van der Waals surface area contributed by atoms with Crippen LogP contribution in [-0.2, 0) is 17.8 Å². The van der Waals surface area contributed by atoms with E-state index in [1.165, 1.54) is 0 Å². The summed E-state index contributed by atoms with van der Waals surface area (Å²) in [4.78, 5) is 12.1.